The van der Waals surface area contributed by atoms with Gasteiger partial charge < -0.3 is 40.1 Å². The number of rotatable bonds is 19. The normalized spacial score (nSPS) is 11.6. The van der Waals surface area contributed by atoms with Crippen LogP contribution in [0.1, 0.15) is 45.7 Å². The molecule has 15 rings (SSSR count). The second-order valence-corrected chi connectivity index (χ2v) is 34.3. The maximum Gasteiger partial charge on any atom is 0.272 e. The molecule has 3 atom stereocenters. The summed E-state index contributed by atoms with van der Waals surface area (Å²) in [5.41, 5.74) is 9.68. The minimum Gasteiger partial charge on any atom is -0.434 e. The molecule has 1 fully saturated rings. The van der Waals surface area contributed by atoms with Crippen LogP contribution in [-0.2, 0) is 59.6 Å². The number of nitrogens with two attached hydrogens (primary N) is 1. The number of hydrogen-bond donors (Lipinski definition) is 3. The smallest absolute Gasteiger partial charge is 0.272 e. The van der Waals surface area contributed by atoms with Crippen molar-refractivity contribution in [1.82, 2.24) is 45.2 Å². The number of thioether (sulfide) groups is 1. The number of nitro groups is 2. The van der Waals surface area contributed by atoms with Crippen molar-refractivity contribution in [3.8, 4) is 46.5 Å². The number of nitrogens with one attached hydrogen (secondary N) is 2. The number of thiophene rings is 4. The number of nitro benzene ring substituents is 2. The predicted octanol–water partition coefficient (Wildman–Crippen LogP) is 20.0. The summed E-state index contributed by atoms with van der Waals surface area (Å²) >= 11 is 16.1. The average molecular weight is 1840 g/mol. The molecule has 0 aliphatic carbocycles. The minimum absolute atomic E-state index is 0. The fourth-order valence-corrected chi connectivity index (χ4v) is 16.8. The van der Waals surface area contributed by atoms with Crippen LogP contribution in [0.5, 0.6) is 46.5 Å². The van der Waals surface area contributed by atoms with Crippen LogP contribution in [0.15, 0.2) is 218 Å². The molecule has 0 radical (unpaired) electrons. The van der Waals surface area contributed by atoms with Crippen molar-refractivity contribution in [1.29, 1.82) is 0 Å². The van der Waals surface area contributed by atoms with Crippen molar-refractivity contribution < 1.29 is 73.3 Å². The largest absolute Gasteiger partial charge is 0.434 e. The van der Waals surface area contributed by atoms with Crippen LogP contribution in [0, 0.1) is 43.5 Å². The first-order valence-electron chi connectivity index (χ1n) is 34.1. The number of fused-ring (bicyclic) bond motifs is 4. The van der Waals surface area contributed by atoms with E-state index in [0.717, 1.165) is 52.8 Å². The van der Waals surface area contributed by atoms with Gasteiger partial charge in [0, 0.05) is 67.6 Å². The molecule has 1 aliphatic rings. The molecule has 28 nitrogen and oxygen atoms in total. The second kappa shape index (κ2) is 47.9. The van der Waals surface area contributed by atoms with Crippen LogP contribution in [0.4, 0.5) is 40.3 Å². The van der Waals surface area contributed by atoms with E-state index in [4.69, 9.17) is 41.6 Å². The van der Waals surface area contributed by atoms with Crippen LogP contribution in [0.2, 0.25) is 0 Å². The Morgan fingerprint density at radius 3 is 1.28 bits per heavy atom. The standard InChI is InChI=1S/C22H17FN4O3S3.C13H8FN3O4S2.C13H8FN3O3S2.C13H10FN3O2S2.C9H7NOS.C4H8O.C3H6.2CH4/c1-33(29)19-11-16-20(32-19)21(25-12-24-16)30-17-8-7-14(10-15(17)23)26-22(31)27-18(28)9-13-5-3-2-4-6-13;1-23(20)11-5-9-12(22-11)13(16-6-15-9)21-10-3-2-7(17(18)19)4-8(10)14;1-21-11-5-9-12(22-11)13(16-6-15-9)20-10-3-2-7(17(18)19)4-8(10)14;1-21(18)11-5-9-12(20-11)13(17-6-16-9)19-10-3-2-7(15)4-8(10)14;11-9(10-7-12)6-8-4-2-1-3-5-8;1-2-4-5-3-1;1-3-2;;/h2-8,10-12H,9H2,1H3,(H2,26,27,28,31);2-6H,1H3;2-6H,1H3;2-6H,15H2,1H3;1-5H,6H2;1-4H2;3H,1H2,2H3;2*1H4. The topological polar surface area (TPSA) is 383 Å². The number of carbonyl (C=O) groups excluding carboxylic acids is 2. The third-order valence-corrected chi connectivity index (χ3v) is 25.1. The molecular weight excluding hydrogens is 1770 g/mol. The summed E-state index contributed by atoms with van der Waals surface area (Å²) in [6, 6.07) is 40.2. The van der Waals surface area contributed by atoms with Crippen molar-refractivity contribution in [3.05, 3.63) is 250 Å². The Kier molecular flexibility index (Phi) is 38.2. The van der Waals surface area contributed by atoms with Gasteiger partial charge in [-0.3, -0.25) is 42.4 Å². The maximum absolute atomic E-state index is 14.7. The van der Waals surface area contributed by atoms with Gasteiger partial charge in [-0.1, -0.05) is 81.6 Å². The number of nitrogens with zero attached hydrogens (tertiary/aromatic N) is 11. The Labute approximate surface area is 727 Å². The van der Waals surface area contributed by atoms with Gasteiger partial charge in [0.05, 0.1) is 111 Å². The first kappa shape index (κ1) is 96.5. The number of anilines is 2. The number of carbonyl (C=O) groups is 2. The van der Waals surface area contributed by atoms with E-state index in [0.29, 0.717) is 71.3 Å². The van der Waals surface area contributed by atoms with E-state index in [1.807, 2.05) is 85.1 Å². The lowest BCUT2D eigenvalue weighted by Crippen LogP contribution is -2.35. The molecule has 121 heavy (non-hydrogen) atoms. The molecule has 1 saturated heterocycles. The number of non-ortho nitro benzene ring substituents is 2. The molecule has 0 bridgehead atoms. The molecule has 3 unspecified atom stereocenters. The van der Waals surface area contributed by atoms with E-state index in [1.165, 1.54) is 132 Å². The fraction of sp³-hybridized carbons (Fsp3) is 0.165. The van der Waals surface area contributed by atoms with E-state index in [-0.39, 0.29) is 96.1 Å². The number of hydrogen-bond acceptors (Lipinski definition) is 30. The Balaban J connectivity index is 0.000000207. The van der Waals surface area contributed by atoms with Gasteiger partial charge in [-0.2, -0.15) is 4.99 Å². The van der Waals surface area contributed by atoms with Gasteiger partial charge in [-0.05, 0) is 122 Å². The van der Waals surface area contributed by atoms with Crippen molar-refractivity contribution in [2.45, 2.75) is 64.3 Å². The van der Waals surface area contributed by atoms with E-state index in [9.17, 15) is 60.0 Å². The lowest BCUT2D eigenvalue weighted by atomic mass is 10.1. The fourth-order valence-electron chi connectivity index (χ4n) is 9.60. The number of thiocarbonyl (C=S) groups is 2. The highest BCUT2D eigenvalue weighted by Crippen LogP contribution is 2.41. The monoisotopic (exact) mass is 1840 g/mol. The average Bonchev–Trinajstić information content (AvgIpc) is 1.69. The zero-order valence-corrected chi connectivity index (χ0v) is 70.8. The lowest BCUT2D eigenvalue weighted by Gasteiger charge is -2.11. The van der Waals surface area contributed by atoms with E-state index in [1.54, 1.807) is 54.6 Å². The van der Waals surface area contributed by atoms with Crippen LogP contribution in [0.3, 0.4) is 0 Å². The number of ether oxygens (including phenoxy) is 5. The SMILES string of the molecule is C.C.C1CCOC1.C=CC.CS(=O)c1cc2ncnc(Oc3ccc(N)cc3F)c2s1.CS(=O)c1cc2ncnc(Oc3ccc(NC(=S)NC(=O)Cc4ccccc4)cc3F)c2s1.CS(=O)c1cc2ncnc(Oc3ccc([N+](=O)[O-])cc3F)c2s1.CSc1cc2ncnc(Oc3ccc([N+](=O)[O-])cc3F)c2s1.O=C(Cc1ccccc1)N=C=S. The molecule has 630 valence electrons. The first-order chi connectivity index (χ1) is 57.2. The van der Waals surface area contributed by atoms with Gasteiger partial charge in [0.2, 0.25) is 29.4 Å². The van der Waals surface area contributed by atoms with Crippen LogP contribution >= 0.6 is 81.5 Å². The van der Waals surface area contributed by atoms with Gasteiger partial charge in [-0.25, -0.2) is 57.4 Å². The molecule has 8 aromatic heterocycles. The number of aliphatic imine (C=N–C) groups is 1. The number of nitrogen functional groups attached to an aromatic ring is 1. The first-order valence-corrected chi connectivity index (χ1v) is 44.1. The van der Waals surface area contributed by atoms with Crippen molar-refractivity contribution >= 4 is 200 Å². The van der Waals surface area contributed by atoms with Gasteiger partial charge >= 0.3 is 0 Å². The Morgan fingerprint density at radius 2 is 0.934 bits per heavy atom. The third kappa shape index (κ3) is 28.8. The summed E-state index contributed by atoms with van der Waals surface area (Å²) in [7, 11) is -3.48. The number of isothiocyanates is 1. The molecule has 0 saturated carbocycles. The van der Waals surface area contributed by atoms with E-state index >= 15 is 0 Å². The summed E-state index contributed by atoms with van der Waals surface area (Å²) in [5, 5.41) is 28.7. The Hall–Kier alpha value is -11.7. The summed E-state index contributed by atoms with van der Waals surface area (Å²) in [5.74, 6) is -3.06. The summed E-state index contributed by atoms with van der Waals surface area (Å²) < 4.78 is 123. The van der Waals surface area contributed by atoms with Crippen LogP contribution in [0.25, 0.3) is 40.9 Å². The zero-order chi connectivity index (χ0) is 85.7. The summed E-state index contributed by atoms with van der Waals surface area (Å²) in [4.78, 5) is 78.7. The summed E-state index contributed by atoms with van der Waals surface area (Å²) in [6.45, 7) is 7.25. The van der Waals surface area contributed by atoms with Crippen molar-refractivity contribution in [2.24, 2.45) is 4.99 Å². The molecule has 4 N–H and O–H groups in total. The van der Waals surface area contributed by atoms with Gasteiger partial charge in [0.25, 0.3) is 17.3 Å². The zero-order valence-electron chi connectivity index (χ0n) is 62.7. The quantitative estimate of drug-likeness (QED) is 0.00989. The highest BCUT2D eigenvalue weighted by atomic mass is 32.2. The van der Waals surface area contributed by atoms with Gasteiger partial charge in [0.1, 0.15) is 44.1 Å². The maximum atomic E-state index is 14.7. The predicted molar refractivity (Wildman–Crippen MR) is 476 cm³/mol. The molecule has 42 heteroatoms. The summed E-state index contributed by atoms with van der Waals surface area (Å²) in [6.07, 6.45) is 16.6. The van der Waals surface area contributed by atoms with Crippen molar-refractivity contribution in [3.63, 3.8) is 0 Å². The number of amides is 2. The molecule has 6 aromatic carbocycles. The Bertz CT molecular complexity index is 6100. The number of halogens is 4. The molecular formula is C79H72F4N14O14S10. The molecule has 0 spiro atoms. The molecule has 1 aliphatic heterocycles. The number of aromatic nitrogens is 8. The van der Waals surface area contributed by atoms with E-state index in [2.05, 4.69) is 74.3 Å². The Morgan fingerprint density at radius 1 is 0.570 bits per heavy atom. The van der Waals surface area contributed by atoms with Crippen LogP contribution < -0.4 is 35.3 Å². The van der Waals surface area contributed by atoms with Crippen LogP contribution in [-0.4, -0.2) is 123 Å². The van der Waals surface area contributed by atoms with Gasteiger partial charge in [-0.15, -0.1) is 63.7 Å². The molecule has 2 amide bonds. The molecule has 14 aromatic rings. The number of allylic oxidation sites excluding steroid dienone is 1. The molecule has 9 heterocycles. The third-order valence-electron chi connectivity index (χ3n) is 15.0. The minimum atomic E-state index is -1.18. The lowest BCUT2D eigenvalue weighted by molar-refractivity contribution is -0.385. The number of benzene rings is 6. The highest BCUT2D eigenvalue weighted by molar-refractivity contribution is 8.00. The second-order valence-electron chi connectivity index (χ2n) is 23.5. The van der Waals surface area contributed by atoms with Crippen molar-refractivity contribution in [2.75, 3.05) is 49.3 Å². The van der Waals surface area contributed by atoms with E-state index < -0.39 is 65.5 Å². The highest BCUT2D eigenvalue weighted by Gasteiger charge is 2.22. The van der Waals surface area contributed by atoms with Gasteiger partial charge in [0.15, 0.2) is 51.4 Å².